The smallest absolute Gasteiger partial charge is 0.312 e. The molecule has 2 bridgehead atoms. The van der Waals surface area contributed by atoms with Crippen molar-refractivity contribution in [3.8, 4) is 5.75 Å². The van der Waals surface area contributed by atoms with Gasteiger partial charge in [0.1, 0.15) is 17.0 Å². The molecular formula is C27H34O5. The lowest BCUT2D eigenvalue weighted by atomic mass is 9.54. The van der Waals surface area contributed by atoms with E-state index in [1.807, 2.05) is 0 Å². The summed E-state index contributed by atoms with van der Waals surface area (Å²) in [6.45, 7) is 2.53. The van der Waals surface area contributed by atoms with Gasteiger partial charge in [-0.05, 0) is 40.8 Å². The minimum Gasteiger partial charge on any atom is -0.508 e. The highest BCUT2D eigenvalue weighted by Gasteiger charge is 2.62. The Kier molecular flexibility index (Phi) is 6.59. The summed E-state index contributed by atoms with van der Waals surface area (Å²) in [7, 11) is 0. The van der Waals surface area contributed by atoms with Crippen molar-refractivity contribution in [1.82, 2.24) is 0 Å². The average Bonchev–Trinajstić information content (AvgIpc) is 2.79. The lowest BCUT2D eigenvalue weighted by Gasteiger charge is -2.53. The number of hydrogen-bond acceptors (Lipinski definition) is 5. The number of phenolic OH excluding ortho intramolecular Hbond substituents is 1. The fourth-order valence-corrected chi connectivity index (χ4v) is 5.47. The summed E-state index contributed by atoms with van der Waals surface area (Å²) in [5, 5.41) is 33.6. The van der Waals surface area contributed by atoms with E-state index in [0.29, 0.717) is 28.9 Å². The van der Waals surface area contributed by atoms with Crippen molar-refractivity contribution in [3.63, 3.8) is 0 Å². The molecule has 0 radical (unpaired) electrons. The number of esters is 1. The molecule has 0 aromatic heterocycles. The summed E-state index contributed by atoms with van der Waals surface area (Å²) in [4.78, 5) is 13.1. The molecule has 0 amide bonds. The molecule has 0 fully saturated rings. The third kappa shape index (κ3) is 3.82. The second-order valence-electron chi connectivity index (χ2n) is 9.30. The molecular weight excluding hydrogens is 404 g/mol. The molecule has 3 N–H and O–H groups in total. The summed E-state index contributed by atoms with van der Waals surface area (Å²) in [6, 6.07) is 11.7. The van der Waals surface area contributed by atoms with E-state index in [9.17, 15) is 20.1 Å². The summed E-state index contributed by atoms with van der Waals surface area (Å²) < 4.78 is 5.58. The standard InChI is InChI=1S/C27H34O5/c1-2-3-4-5-6-7-8-11-16-32-25(29)24-18-26(30)20-12-9-10-13-21(20)27(24,31)22-15-14-19(28)17-23(22)26/h9-10,12-15,17,24,28,30-31H,2-8,11,16,18H2,1H3. The van der Waals surface area contributed by atoms with E-state index in [4.69, 9.17) is 4.74 Å². The second kappa shape index (κ2) is 9.24. The Morgan fingerprint density at radius 3 is 2.25 bits per heavy atom. The van der Waals surface area contributed by atoms with Crippen molar-refractivity contribution < 1.29 is 24.9 Å². The van der Waals surface area contributed by atoms with E-state index >= 15 is 0 Å². The molecule has 0 saturated carbocycles. The van der Waals surface area contributed by atoms with E-state index in [1.165, 1.54) is 44.2 Å². The first kappa shape index (κ1) is 22.8. The van der Waals surface area contributed by atoms with Gasteiger partial charge in [0, 0.05) is 6.42 Å². The first-order valence-electron chi connectivity index (χ1n) is 12.0. The number of fused-ring (bicyclic) bond motifs is 1. The largest absolute Gasteiger partial charge is 0.508 e. The van der Waals surface area contributed by atoms with Gasteiger partial charge in [-0.15, -0.1) is 0 Å². The summed E-state index contributed by atoms with van der Waals surface area (Å²) in [6.07, 6.45) is 9.27. The van der Waals surface area contributed by atoms with Crippen molar-refractivity contribution >= 4 is 5.97 Å². The normalized spacial score (nSPS) is 25.3. The van der Waals surface area contributed by atoms with Crippen LogP contribution in [-0.2, 0) is 20.7 Å². The van der Waals surface area contributed by atoms with E-state index < -0.39 is 23.1 Å². The minimum atomic E-state index is -1.60. The SMILES string of the molecule is CCCCCCCCCCOC(=O)C1CC2(O)c3ccccc3C1(O)c1ccc(O)cc12. The Morgan fingerprint density at radius 2 is 1.53 bits per heavy atom. The minimum absolute atomic E-state index is 0.0135. The van der Waals surface area contributed by atoms with Gasteiger partial charge in [0.15, 0.2) is 0 Å². The zero-order valence-corrected chi connectivity index (χ0v) is 18.8. The van der Waals surface area contributed by atoms with Gasteiger partial charge in [0.25, 0.3) is 0 Å². The third-order valence-corrected chi connectivity index (χ3v) is 7.17. The van der Waals surface area contributed by atoms with Crippen LogP contribution in [0.2, 0.25) is 0 Å². The summed E-state index contributed by atoms with van der Waals surface area (Å²) in [5.41, 5.74) is -1.05. The number of phenols is 1. The third-order valence-electron chi connectivity index (χ3n) is 7.17. The van der Waals surface area contributed by atoms with Gasteiger partial charge in [0.2, 0.25) is 0 Å². The van der Waals surface area contributed by atoms with E-state index in [2.05, 4.69) is 6.92 Å². The highest BCUT2D eigenvalue weighted by molar-refractivity contribution is 5.79. The number of carbonyl (C=O) groups excluding carboxylic acids is 1. The Balaban J connectivity index is 1.46. The number of unbranched alkanes of at least 4 members (excludes halogenated alkanes) is 7. The molecule has 3 unspecified atom stereocenters. The number of aromatic hydroxyl groups is 1. The first-order chi connectivity index (χ1) is 15.4. The van der Waals surface area contributed by atoms with Crippen molar-refractivity contribution in [1.29, 1.82) is 0 Å². The van der Waals surface area contributed by atoms with Crippen LogP contribution < -0.4 is 0 Å². The van der Waals surface area contributed by atoms with Crippen LogP contribution in [0.15, 0.2) is 42.5 Å². The quantitative estimate of drug-likeness (QED) is 0.363. The fourth-order valence-electron chi connectivity index (χ4n) is 5.47. The number of benzene rings is 2. The van der Waals surface area contributed by atoms with Gasteiger partial charge >= 0.3 is 5.97 Å². The van der Waals surface area contributed by atoms with Crippen LogP contribution in [0.1, 0.15) is 87.0 Å². The van der Waals surface area contributed by atoms with Crippen molar-refractivity contribution in [3.05, 3.63) is 64.7 Å². The van der Waals surface area contributed by atoms with E-state index in [0.717, 1.165) is 19.3 Å². The zero-order valence-electron chi connectivity index (χ0n) is 18.8. The van der Waals surface area contributed by atoms with Crippen LogP contribution >= 0.6 is 0 Å². The molecule has 0 spiro atoms. The molecule has 3 aliphatic carbocycles. The second-order valence-corrected chi connectivity index (χ2v) is 9.30. The highest BCUT2D eigenvalue weighted by Crippen LogP contribution is 2.60. The Hall–Kier alpha value is -2.37. The Bertz CT molecular complexity index is 970. The van der Waals surface area contributed by atoms with Gasteiger partial charge < -0.3 is 20.1 Å². The van der Waals surface area contributed by atoms with Gasteiger partial charge in [0.05, 0.1) is 12.5 Å². The van der Waals surface area contributed by atoms with Crippen LogP contribution in [0.25, 0.3) is 0 Å². The molecule has 0 aliphatic heterocycles. The maximum atomic E-state index is 13.1. The average molecular weight is 439 g/mol. The van der Waals surface area contributed by atoms with Crippen molar-refractivity contribution in [2.45, 2.75) is 75.9 Å². The maximum Gasteiger partial charge on any atom is 0.312 e. The lowest BCUT2D eigenvalue weighted by molar-refractivity contribution is -0.167. The highest BCUT2D eigenvalue weighted by atomic mass is 16.5. The molecule has 5 heteroatoms. The van der Waals surface area contributed by atoms with Crippen LogP contribution in [0.5, 0.6) is 5.75 Å². The summed E-state index contributed by atoms with van der Waals surface area (Å²) in [5.74, 6) is -1.38. The molecule has 2 aromatic rings. The molecule has 32 heavy (non-hydrogen) atoms. The van der Waals surface area contributed by atoms with Gasteiger partial charge in [-0.25, -0.2) is 0 Å². The fraction of sp³-hybridized carbons (Fsp3) is 0.519. The molecule has 0 heterocycles. The number of aliphatic hydroxyl groups is 2. The number of rotatable bonds is 10. The van der Waals surface area contributed by atoms with Gasteiger partial charge in [-0.3, -0.25) is 4.79 Å². The van der Waals surface area contributed by atoms with Crippen LogP contribution in [-0.4, -0.2) is 27.9 Å². The molecule has 5 nitrogen and oxygen atoms in total. The van der Waals surface area contributed by atoms with E-state index in [1.54, 1.807) is 30.3 Å². The van der Waals surface area contributed by atoms with Gasteiger partial charge in [-0.1, -0.05) is 82.2 Å². The monoisotopic (exact) mass is 438 g/mol. The topological polar surface area (TPSA) is 87.0 Å². The van der Waals surface area contributed by atoms with Gasteiger partial charge in [-0.2, -0.15) is 0 Å². The molecule has 3 aliphatic rings. The number of hydrogen-bond donors (Lipinski definition) is 3. The summed E-state index contributed by atoms with van der Waals surface area (Å²) >= 11 is 0. The molecule has 2 aromatic carbocycles. The molecule has 3 atom stereocenters. The Morgan fingerprint density at radius 1 is 0.906 bits per heavy atom. The lowest BCUT2D eigenvalue weighted by Crippen LogP contribution is -2.57. The van der Waals surface area contributed by atoms with Crippen LogP contribution in [0.4, 0.5) is 0 Å². The maximum absolute atomic E-state index is 13.1. The van der Waals surface area contributed by atoms with Crippen LogP contribution in [0.3, 0.4) is 0 Å². The zero-order chi connectivity index (χ0) is 22.8. The van der Waals surface area contributed by atoms with Crippen molar-refractivity contribution in [2.75, 3.05) is 6.61 Å². The first-order valence-corrected chi connectivity index (χ1v) is 12.0. The predicted molar refractivity (Wildman–Crippen MR) is 122 cm³/mol. The number of carbonyl (C=O) groups is 1. The molecule has 172 valence electrons. The predicted octanol–water partition coefficient (Wildman–Crippen LogP) is 4.88. The van der Waals surface area contributed by atoms with E-state index in [-0.39, 0.29) is 12.2 Å². The Labute approximate surface area is 190 Å². The molecule has 0 saturated heterocycles. The molecule has 5 rings (SSSR count). The number of ether oxygens (including phenoxy) is 1. The van der Waals surface area contributed by atoms with Crippen LogP contribution in [0, 0.1) is 5.92 Å². The van der Waals surface area contributed by atoms with Crippen molar-refractivity contribution in [2.24, 2.45) is 5.92 Å².